The second-order valence-corrected chi connectivity index (χ2v) is 8.75. The SMILES string of the molecule is CN(c1nccc(Nc2cc(C3CC3)[nH]n2)n1)C1CCN(Cc2cc(F)cc(F)c2)CC1. The van der Waals surface area contributed by atoms with Crippen LogP contribution in [0.4, 0.5) is 26.4 Å². The first-order valence-corrected chi connectivity index (χ1v) is 11.1. The highest BCUT2D eigenvalue weighted by Gasteiger charge is 2.26. The van der Waals surface area contributed by atoms with Gasteiger partial charge in [-0.15, -0.1) is 0 Å². The number of nitrogens with zero attached hydrogens (tertiary/aromatic N) is 5. The van der Waals surface area contributed by atoms with Gasteiger partial charge in [-0.1, -0.05) is 0 Å². The fourth-order valence-electron chi connectivity index (χ4n) is 4.31. The van der Waals surface area contributed by atoms with Crippen LogP contribution in [-0.2, 0) is 6.54 Å². The van der Waals surface area contributed by atoms with Gasteiger partial charge < -0.3 is 10.2 Å². The van der Waals surface area contributed by atoms with Crippen molar-refractivity contribution in [3.8, 4) is 0 Å². The van der Waals surface area contributed by atoms with Crippen LogP contribution in [0.1, 0.15) is 42.9 Å². The zero-order chi connectivity index (χ0) is 22.1. The molecule has 0 amide bonds. The molecule has 2 aliphatic rings. The summed E-state index contributed by atoms with van der Waals surface area (Å²) in [7, 11) is 2.02. The number of aromatic nitrogens is 4. The number of aromatic amines is 1. The van der Waals surface area contributed by atoms with E-state index in [2.05, 4.69) is 35.3 Å². The van der Waals surface area contributed by atoms with Crippen LogP contribution in [0.25, 0.3) is 0 Å². The molecule has 1 saturated carbocycles. The minimum absolute atomic E-state index is 0.303. The minimum atomic E-state index is -0.529. The van der Waals surface area contributed by atoms with Crippen LogP contribution < -0.4 is 10.2 Å². The van der Waals surface area contributed by atoms with Crippen LogP contribution in [0.5, 0.6) is 0 Å². The van der Waals surface area contributed by atoms with Crippen molar-refractivity contribution < 1.29 is 8.78 Å². The lowest BCUT2D eigenvalue weighted by atomic mass is 10.0. The maximum atomic E-state index is 13.5. The van der Waals surface area contributed by atoms with E-state index in [1.165, 1.54) is 30.7 Å². The van der Waals surface area contributed by atoms with Crippen LogP contribution in [0, 0.1) is 11.6 Å². The van der Waals surface area contributed by atoms with Gasteiger partial charge in [0, 0.05) is 62.7 Å². The van der Waals surface area contributed by atoms with Gasteiger partial charge in [-0.05, 0) is 49.4 Å². The molecule has 9 heteroatoms. The smallest absolute Gasteiger partial charge is 0.227 e. The third-order valence-corrected chi connectivity index (χ3v) is 6.26. The Morgan fingerprint density at radius 3 is 2.53 bits per heavy atom. The minimum Gasteiger partial charge on any atom is -0.341 e. The molecular weight excluding hydrogens is 412 g/mol. The normalized spacial score (nSPS) is 17.5. The van der Waals surface area contributed by atoms with E-state index in [4.69, 9.17) is 0 Å². The van der Waals surface area contributed by atoms with E-state index in [0.29, 0.717) is 35.8 Å². The van der Waals surface area contributed by atoms with Gasteiger partial charge in [-0.25, -0.2) is 13.8 Å². The zero-order valence-corrected chi connectivity index (χ0v) is 18.1. The Balaban J connectivity index is 1.17. The molecule has 5 rings (SSSR count). The van der Waals surface area contributed by atoms with Crippen molar-refractivity contribution in [3.05, 3.63) is 59.4 Å². The molecule has 2 aromatic heterocycles. The fraction of sp³-hybridized carbons (Fsp3) is 0.435. The topological polar surface area (TPSA) is 73.0 Å². The Hall–Kier alpha value is -3.07. The van der Waals surface area contributed by atoms with Crippen molar-refractivity contribution in [2.45, 2.75) is 44.2 Å². The number of hydrogen-bond donors (Lipinski definition) is 2. The number of H-pyrrole nitrogens is 1. The largest absolute Gasteiger partial charge is 0.341 e. The standard InChI is InChI=1S/C23H27F2N7/c1-31(19-5-8-32(9-6-19)14-15-10-17(24)12-18(25)11-15)23-26-7-4-21(28-23)27-22-13-20(29-30-22)16-2-3-16/h4,7,10-13,16,19H,2-3,5-6,8-9,14H2,1H3,(H2,26,27,28,29,30). The number of hydrogen-bond acceptors (Lipinski definition) is 6. The van der Waals surface area contributed by atoms with Gasteiger partial charge in [0.1, 0.15) is 17.5 Å². The average Bonchev–Trinajstić information content (AvgIpc) is 3.52. The lowest BCUT2D eigenvalue weighted by molar-refractivity contribution is 0.202. The Bertz CT molecular complexity index is 1050. The Labute approximate surface area is 185 Å². The molecule has 2 fully saturated rings. The van der Waals surface area contributed by atoms with Crippen LogP contribution in [0.15, 0.2) is 36.5 Å². The molecular formula is C23H27F2N7. The van der Waals surface area contributed by atoms with Gasteiger partial charge in [-0.3, -0.25) is 10.00 Å². The lowest BCUT2D eigenvalue weighted by Crippen LogP contribution is -2.43. The first-order valence-electron chi connectivity index (χ1n) is 11.1. The van der Waals surface area contributed by atoms with Crippen LogP contribution >= 0.6 is 0 Å². The molecule has 0 bridgehead atoms. The summed E-state index contributed by atoms with van der Waals surface area (Å²) in [6, 6.07) is 7.90. The number of rotatable bonds is 7. The molecule has 32 heavy (non-hydrogen) atoms. The molecule has 1 aromatic carbocycles. The van der Waals surface area contributed by atoms with Crippen LogP contribution in [0.2, 0.25) is 0 Å². The van der Waals surface area contributed by atoms with E-state index in [1.807, 2.05) is 19.2 Å². The summed E-state index contributed by atoms with van der Waals surface area (Å²) in [4.78, 5) is 13.5. The summed E-state index contributed by atoms with van der Waals surface area (Å²) in [5, 5.41) is 10.7. The Morgan fingerprint density at radius 2 is 1.81 bits per heavy atom. The van der Waals surface area contributed by atoms with E-state index in [-0.39, 0.29) is 0 Å². The monoisotopic (exact) mass is 439 g/mol. The predicted octanol–water partition coefficient (Wildman–Crippen LogP) is 4.20. The summed E-state index contributed by atoms with van der Waals surface area (Å²) in [5.41, 5.74) is 1.84. The molecule has 0 radical (unpaired) electrons. The van der Waals surface area contributed by atoms with E-state index in [9.17, 15) is 8.78 Å². The van der Waals surface area contributed by atoms with E-state index < -0.39 is 11.6 Å². The molecule has 0 unspecified atom stereocenters. The van der Waals surface area contributed by atoms with Gasteiger partial charge in [0.05, 0.1) is 0 Å². The number of halogens is 2. The highest BCUT2D eigenvalue weighted by Crippen LogP contribution is 2.39. The number of piperidine rings is 1. The quantitative estimate of drug-likeness (QED) is 0.575. The molecule has 1 aliphatic carbocycles. The summed E-state index contributed by atoms with van der Waals surface area (Å²) in [6.07, 6.45) is 6.06. The maximum absolute atomic E-state index is 13.5. The van der Waals surface area contributed by atoms with Crippen molar-refractivity contribution >= 4 is 17.6 Å². The Kier molecular flexibility index (Phi) is 5.73. The third kappa shape index (κ3) is 4.88. The van der Waals surface area contributed by atoms with Gasteiger partial charge in [0.2, 0.25) is 5.95 Å². The summed E-state index contributed by atoms with van der Waals surface area (Å²) in [5.74, 6) is 1.70. The van der Waals surface area contributed by atoms with Crippen molar-refractivity contribution in [2.75, 3.05) is 30.4 Å². The number of benzene rings is 1. The van der Waals surface area contributed by atoms with Gasteiger partial charge in [-0.2, -0.15) is 10.1 Å². The average molecular weight is 440 g/mol. The molecule has 2 N–H and O–H groups in total. The van der Waals surface area contributed by atoms with Gasteiger partial charge in [0.15, 0.2) is 5.82 Å². The summed E-state index contributed by atoms with van der Waals surface area (Å²) < 4.78 is 26.9. The van der Waals surface area contributed by atoms with E-state index in [1.54, 1.807) is 6.20 Å². The number of nitrogens with one attached hydrogen (secondary N) is 2. The van der Waals surface area contributed by atoms with E-state index in [0.717, 1.165) is 37.8 Å². The number of likely N-dealkylation sites (tertiary alicyclic amines) is 1. The zero-order valence-electron chi connectivity index (χ0n) is 18.1. The first-order chi connectivity index (χ1) is 15.5. The van der Waals surface area contributed by atoms with Crippen molar-refractivity contribution in [1.82, 2.24) is 25.1 Å². The van der Waals surface area contributed by atoms with Crippen molar-refractivity contribution in [1.29, 1.82) is 0 Å². The fourth-order valence-corrected chi connectivity index (χ4v) is 4.31. The highest BCUT2D eigenvalue weighted by atomic mass is 19.1. The predicted molar refractivity (Wildman–Crippen MR) is 119 cm³/mol. The van der Waals surface area contributed by atoms with Gasteiger partial charge >= 0.3 is 0 Å². The molecule has 3 aromatic rings. The van der Waals surface area contributed by atoms with Crippen LogP contribution in [-0.4, -0.2) is 51.2 Å². The summed E-state index contributed by atoms with van der Waals surface area (Å²) in [6.45, 7) is 2.25. The molecule has 7 nitrogen and oxygen atoms in total. The van der Waals surface area contributed by atoms with Gasteiger partial charge in [0.25, 0.3) is 0 Å². The van der Waals surface area contributed by atoms with E-state index >= 15 is 0 Å². The summed E-state index contributed by atoms with van der Waals surface area (Å²) >= 11 is 0. The third-order valence-electron chi connectivity index (χ3n) is 6.26. The lowest BCUT2D eigenvalue weighted by Gasteiger charge is -2.36. The van der Waals surface area contributed by atoms with Crippen LogP contribution in [0.3, 0.4) is 0 Å². The maximum Gasteiger partial charge on any atom is 0.227 e. The van der Waals surface area contributed by atoms with Crippen molar-refractivity contribution in [3.63, 3.8) is 0 Å². The molecule has 1 saturated heterocycles. The second-order valence-electron chi connectivity index (χ2n) is 8.75. The molecule has 168 valence electrons. The molecule has 3 heterocycles. The van der Waals surface area contributed by atoms with Crippen molar-refractivity contribution in [2.24, 2.45) is 0 Å². The molecule has 0 spiro atoms. The highest BCUT2D eigenvalue weighted by molar-refractivity contribution is 5.53. The molecule has 0 atom stereocenters. The second kappa shape index (κ2) is 8.82. The number of anilines is 3. The molecule has 1 aliphatic heterocycles. The first kappa shape index (κ1) is 20.8. The Morgan fingerprint density at radius 1 is 1.06 bits per heavy atom.